The molecule has 0 spiro atoms. The maximum atomic E-state index is 2.30. The monoisotopic (exact) mass is 272 g/mol. The van der Waals surface area contributed by atoms with Crippen molar-refractivity contribution in [2.75, 3.05) is 16.6 Å². The van der Waals surface area contributed by atoms with E-state index in [-0.39, 0.29) is 0 Å². The van der Waals surface area contributed by atoms with Gasteiger partial charge in [-0.1, -0.05) is 54.6 Å². The van der Waals surface area contributed by atoms with Crippen LogP contribution in [0.1, 0.15) is 0 Å². The third-order valence-corrected chi connectivity index (χ3v) is 3.85. The molecular weight excluding hydrogens is 256 g/mol. The molecule has 3 aromatic carbocycles. The van der Waals surface area contributed by atoms with Crippen molar-refractivity contribution < 1.29 is 0 Å². The van der Waals surface area contributed by atoms with Crippen LogP contribution in [0.5, 0.6) is 0 Å². The van der Waals surface area contributed by atoms with Crippen molar-refractivity contribution in [1.29, 1.82) is 0 Å². The smallest absolute Gasteiger partial charge is 0.0660 e. The highest BCUT2D eigenvalue weighted by Gasteiger charge is 2.19. The second-order valence-corrected chi connectivity index (χ2v) is 5.15. The molecule has 102 valence electrons. The molecule has 0 fully saturated rings. The zero-order valence-corrected chi connectivity index (χ0v) is 11.7. The van der Waals surface area contributed by atoms with E-state index in [0.717, 1.165) is 6.54 Å². The van der Waals surface area contributed by atoms with Gasteiger partial charge in [0, 0.05) is 11.6 Å². The van der Waals surface area contributed by atoms with E-state index in [0.29, 0.717) is 0 Å². The Morgan fingerprint density at radius 3 is 2.38 bits per heavy atom. The first kappa shape index (κ1) is 12.0. The number of hydrogen-bond donors (Lipinski definition) is 0. The molecule has 0 radical (unpaired) electrons. The highest BCUT2D eigenvalue weighted by atomic mass is 15.6. The predicted molar refractivity (Wildman–Crippen MR) is 89.4 cm³/mol. The number of hydrazine groups is 1. The van der Waals surface area contributed by atoms with Gasteiger partial charge in [0.25, 0.3) is 0 Å². The fourth-order valence-corrected chi connectivity index (χ4v) is 2.87. The van der Waals surface area contributed by atoms with Crippen LogP contribution in [0, 0.1) is 0 Å². The normalized spacial score (nSPS) is 14.1. The molecule has 1 aliphatic rings. The highest BCUT2D eigenvalue weighted by Crippen LogP contribution is 2.31. The Bertz CT molecular complexity index is 788. The Balaban J connectivity index is 1.82. The molecule has 1 heterocycles. The zero-order valence-electron chi connectivity index (χ0n) is 11.7. The van der Waals surface area contributed by atoms with Gasteiger partial charge in [-0.3, -0.25) is 10.0 Å². The lowest BCUT2D eigenvalue weighted by Gasteiger charge is -2.31. The number of nitrogens with zero attached hydrogens (tertiary/aromatic N) is 2. The molecule has 3 aromatic rings. The van der Waals surface area contributed by atoms with E-state index in [1.807, 2.05) is 6.07 Å². The fraction of sp³-hybridized carbons (Fsp3) is 0.0526. The molecule has 0 unspecified atom stereocenters. The van der Waals surface area contributed by atoms with Crippen molar-refractivity contribution >= 4 is 22.1 Å². The van der Waals surface area contributed by atoms with Gasteiger partial charge in [0.15, 0.2) is 0 Å². The summed E-state index contributed by atoms with van der Waals surface area (Å²) < 4.78 is 0. The van der Waals surface area contributed by atoms with Gasteiger partial charge < -0.3 is 0 Å². The summed E-state index contributed by atoms with van der Waals surface area (Å²) in [5.74, 6) is 0. The Kier molecular flexibility index (Phi) is 2.86. The molecule has 2 nitrogen and oxygen atoms in total. The molecule has 4 rings (SSSR count). The number of fused-ring (bicyclic) bond motifs is 1. The Hall–Kier alpha value is -2.74. The molecule has 0 aromatic heterocycles. The van der Waals surface area contributed by atoms with Crippen molar-refractivity contribution in [1.82, 2.24) is 0 Å². The van der Waals surface area contributed by atoms with Crippen molar-refractivity contribution in [3.05, 3.63) is 85.1 Å². The Labute approximate surface area is 124 Å². The Morgan fingerprint density at radius 2 is 1.48 bits per heavy atom. The first-order chi connectivity index (χ1) is 10.4. The van der Waals surface area contributed by atoms with Crippen molar-refractivity contribution in [3.8, 4) is 0 Å². The number of anilines is 2. The van der Waals surface area contributed by atoms with Gasteiger partial charge in [-0.2, -0.15) is 0 Å². The highest BCUT2D eigenvalue weighted by molar-refractivity contribution is 5.95. The minimum Gasteiger partial charge on any atom is -0.277 e. The first-order valence-electron chi connectivity index (χ1n) is 7.20. The lowest BCUT2D eigenvalue weighted by Crippen LogP contribution is -2.35. The molecular formula is C19H16N2. The van der Waals surface area contributed by atoms with E-state index in [2.05, 4.69) is 89.0 Å². The van der Waals surface area contributed by atoms with Crippen molar-refractivity contribution in [3.63, 3.8) is 0 Å². The van der Waals surface area contributed by atoms with Crippen LogP contribution in [0.25, 0.3) is 10.8 Å². The first-order valence-corrected chi connectivity index (χ1v) is 7.20. The summed E-state index contributed by atoms with van der Waals surface area (Å²) in [6.45, 7) is 0.892. The van der Waals surface area contributed by atoms with E-state index in [9.17, 15) is 0 Å². The summed E-state index contributed by atoms with van der Waals surface area (Å²) in [4.78, 5) is 0. The van der Waals surface area contributed by atoms with Crippen LogP contribution in [0.4, 0.5) is 11.4 Å². The SMILES string of the molecule is C1=CN(c2ccccc2)N(c2cccc3ccccc23)C1. The number of para-hydroxylation sites is 1. The molecule has 0 aliphatic carbocycles. The van der Waals surface area contributed by atoms with Crippen LogP contribution in [0.3, 0.4) is 0 Å². The summed E-state index contributed by atoms with van der Waals surface area (Å²) >= 11 is 0. The van der Waals surface area contributed by atoms with Gasteiger partial charge >= 0.3 is 0 Å². The van der Waals surface area contributed by atoms with Gasteiger partial charge in [0.05, 0.1) is 17.9 Å². The van der Waals surface area contributed by atoms with Gasteiger partial charge in [-0.15, -0.1) is 0 Å². The molecule has 0 bridgehead atoms. The standard InChI is InChI=1S/C19H16N2/c1-2-10-17(11-3-1)20-14-7-15-21(20)19-13-6-9-16-8-4-5-12-18(16)19/h1-14H,15H2. The number of rotatable bonds is 2. The lowest BCUT2D eigenvalue weighted by molar-refractivity contribution is 0.929. The van der Waals surface area contributed by atoms with Crippen LogP contribution in [0.15, 0.2) is 85.1 Å². The maximum absolute atomic E-state index is 2.30. The largest absolute Gasteiger partial charge is 0.277 e. The van der Waals surface area contributed by atoms with Crippen LogP contribution in [-0.2, 0) is 0 Å². The molecule has 0 saturated heterocycles. The van der Waals surface area contributed by atoms with Gasteiger partial charge in [-0.05, 0) is 29.7 Å². The van der Waals surface area contributed by atoms with E-state index in [1.54, 1.807) is 0 Å². The third-order valence-electron chi connectivity index (χ3n) is 3.85. The van der Waals surface area contributed by atoms with E-state index in [4.69, 9.17) is 0 Å². The van der Waals surface area contributed by atoms with Crippen LogP contribution >= 0.6 is 0 Å². The molecule has 0 atom stereocenters. The van der Waals surface area contributed by atoms with Crippen LogP contribution in [0.2, 0.25) is 0 Å². The summed E-state index contributed by atoms with van der Waals surface area (Å²) in [5.41, 5.74) is 2.42. The molecule has 2 heteroatoms. The van der Waals surface area contributed by atoms with Gasteiger partial charge in [0.2, 0.25) is 0 Å². The zero-order chi connectivity index (χ0) is 14.1. The molecule has 1 aliphatic heterocycles. The molecule has 0 saturated carbocycles. The van der Waals surface area contributed by atoms with Gasteiger partial charge in [-0.25, -0.2) is 0 Å². The Morgan fingerprint density at radius 1 is 0.714 bits per heavy atom. The second-order valence-electron chi connectivity index (χ2n) is 5.15. The average molecular weight is 272 g/mol. The minimum absolute atomic E-state index is 0.892. The average Bonchev–Trinajstić information content (AvgIpc) is 3.04. The van der Waals surface area contributed by atoms with Crippen molar-refractivity contribution in [2.45, 2.75) is 0 Å². The summed E-state index contributed by atoms with van der Waals surface area (Å²) in [5, 5.41) is 7.07. The summed E-state index contributed by atoms with van der Waals surface area (Å²) in [6.07, 6.45) is 4.33. The fourth-order valence-electron chi connectivity index (χ4n) is 2.87. The lowest BCUT2D eigenvalue weighted by atomic mass is 10.1. The predicted octanol–water partition coefficient (Wildman–Crippen LogP) is 4.60. The van der Waals surface area contributed by atoms with E-state index in [1.165, 1.54) is 22.1 Å². The van der Waals surface area contributed by atoms with Crippen LogP contribution in [-0.4, -0.2) is 6.54 Å². The van der Waals surface area contributed by atoms with E-state index >= 15 is 0 Å². The molecule has 21 heavy (non-hydrogen) atoms. The number of hydrogen-bond acceptors (Lipinski definition) is 2. The maximum Gasteiger partial charge on any atom is 0.0660 e. The summed E-state index contributed by atoms with van der Waals surface area (Å²) in [7, 11) is 0. The third kappa shape index (κ3) is 2.05. The molecule has 0 amide bonds. The summed E-state index contributed by atoms with van der Waals surface area (Å²) in [6, 6.07) is 25.5. The molecule has 0 N–H and O–H groups in total. The number of benzene rings is 3. The van der Waals surface area contributed by atoms with Crippen LogP contribution < -0.4 is 10.0 Å². The van der Waals surface area contributed by atoms with Crippen molar-refractivity contribution in [2.24, 2.45) is 0 Å². The minimum atomic E-state index is 0.892. The van der Waals surface area contributed by atoms with E-state index < -0.39 is 0 Å². The second kappa shape index (κ2) is 4.98. The van der Waals surface area contributed by atoms with Gasteiger partial charge in [0.1, 0.15) is 0 Å². The topological polar surface area (TPSA) is 6.48 Å². The quantitative estimate of drug-likeness (QED) is 0.673.